The number of carbonyl (C=O) groups is 1. The fourth-order valence-electron chi connectivity index (χ4n) is 1.62. The maximum atomic E-state index is 10.2. The average Bonchev–Trinajstić information content (AvgIpc) is 1.89. The van der Waals surface area contributed by atoms with E-state index in [9.17, 15) is 4.79 Å². The summed E-state index contributed by atoms with van der Waals surface area (Å²) < 4.78 is 0. The minimum atomic E-state index is 0. The zero-order valence-electron chi connectivity index (χ0n) is 6.52. The summed E-state index contributed by atoms with van der Waals surface area (Å²) in [5, 5.41) is 2.88. The second kappa shape index (κ2) is 3.04. The van der Waals surface area contributed by atoms with E-state index < -0.39 is 0 Å². The van der Waals surface area contributed by atoms with E-state index in [0.717, 1.165) is 19.3 Å². The molecule has 2 heteroatoms. The molecule has 0 spiro atoms. The summed E-state index contributed by atoms with van der Waals surface area (Å²) in [6.07, 6.45) is 6.97. The Morgan fingerprint density at radius 2 is 2.00 bits per heavy atom. The lowest BCUT2D eigenvalue weighted by atomic mass is 9.84. The van der Waals surface area contributed by atoms with Crippen LogP contribution in [0.1, 0.15) is 40.5 Å². The average molecular weight is 143 g/mol. The first-order valence-corrected chi connectivity index (χ1v) is 3.98. The second-order valence-corrected chi connectivity index (χ2v) is 3.38. The van der Waals surface area contributed by atoms with E-state index in [1.54, 1.807) is 0 Å². The molecule has 1 saturated carbocycles. The summed E-state index contributed by atoms with van der Waals surface area (Å²) in [6.45, 7) is 2.13. The molecular formula is C8H17NO. The van der Waals surface area contributed by atoms with Crippen LogP contribution in [-0.4, -0.2) is 11.9 Å². The summed E-state index contributed by atoms with van der Waals surface area (Å²) in [5.74, 6) is 0. The van der Waals surface area contributed by atoms with E-state index in [1.807, 2.05) is 0 Å². The molecule has 60 valence electrons. The van der Waals surface area contributed by atoms with Crippen LogP contribution in [0.5, 0.6) is 0 Å². The van der Waals surface area contributed by atoms with Gasteiger partial charge in [-0.1, -0.05) is 19.3 Å². The topological polar surface area (TPSA) is 29.1 Å². The van der Waals surface area contributed by atoms with Crippen LogP contribution >= 0.6 is 0 Å². The SMILES string of the molecule is CC1(NC=O)CCCCC1.[HH]. The Hall–Kier alpha value is -0.530. The van der Waals surface area contributed by atoms with E-state index in [-0.39, 0.29) is 6.97 Å². The van der Waals surface area contributed by atoms with Gasteiger partial charge < -0.3 is 5.32 Å². The number of rotatable bonds is 2. The van der Waals surface area contributed by atoms with E-state index in [1.165, 1.54) is 19.3 Å². The highest BCUT2D eigenvalue weighted by Crippen LogP contribution is 2.26. The van der Waals surface area contributed by atoms with Crippen LogP contribution < -0.4 is 5.32 Å². The Labute approximate surface area is 63.5 Å². The van der Waals surface area contributed by atoms with Gasteiger partial charge >= 0.3 is 0 Å². The maximum absolute atomic E-state index is 10.2. The van der Waals surface area contributed by atoms with Gasteiger partial charge in [0.15, 0.2) is 0 Å². The van der Waals surface area contributed by atoms with Crippen LogP contribution in [-0.2, 0) is 4.79 Å². The number of hydrogen-bond donors (Lipinski definition) is 1. The number of carbonyl (C=O) groups excluding carboxylic acids is 1. The fraction of sp³-hybridized carbons (Fsp3) is 0.875. The molecule has 0 radical (unpaired) electrons. The smallest absolute Gasteiger partial charge is 0.207 e. The van der Waals surface area contributed by atoms with Crippen molar-refractivity contribution in [1.29, 1.82) is 0 Å². The van der Waals surface area contributed by atoms with Crippen LogP contribution in [0.2, 0.25) is 0 Å². The van der Waals surface area contributed by atoms with Gasteiger partial charge in [-0.3, -0.25) is 4.79 Å². The van der Waals surface area contributed by atoms with Gasteiger partial charge in [0, 0.05) is 6.97 Å². The number of nitrogens with one attached hydrogen (secondary N) is 1. The van der Waals surface area contributed by atoms with Gasteiger partial charge in [-0.2, -0.15) is 0 Å². The third-order valence-corrected chi connectivity index (χ3v) is 2.36. The van der Waals surface area contributed by atoms with Gasteiger partial charge in [-0.25, -0.2) is 0 Å². The predicted molar refractivity (Wildman–Crippen MR) is 42.8 cm³/mol. The van der Waals surface area contributed by atoms with Crippen molar-refractivity contribution in [1.82, 2.24) is 5.32 Å². The molecule has 0 aliphatic heterocycles. The highest BCUT2D eigenvalue weighted by Gasteiger charge is 2.25. The third kappa shape index (κ3) is 1.72. The van der Waals surface area contributed by atoms with Crippen molar-refractivity contribution in [3.05, 3.63) is 0 Å². The van der Waals surface area contributed by atoms with Gasteiger partial charge in [0.25, 0.3) is 0 Å². The van der Waals surface area contributed by atoms with Gasteiger partial charge in [0.2, 0.25) is 6.41 Å². The standard InChI is InChI=1S/C8H15NO.H2/c1-8(9-7-10)5-3-2-4-6-8;/h7H,2-6H2,1H3,(H,9,10);1H. The Kier molecular flexibility index (Phi) is 2.30. The highest BCUT2D eigenvalue weighted by molar-refractivity contribution is 5.47. The first-order chi connectivity index (χ1) is 4.77. The molecule has 0 unspecified atom stereocenters. The summed E-state index contributed by atoms with van der Waals surface area (Å²) in [6, 6.07) is 0. The predicted octanol–water partition coefficient (Wildman–Crippen LogP) is 1.70. The van der Waals surface area contributed by atoms with Gasteiger partial charge in [0.1, 0.15) is 0 Å². The quantitative estimate of drug-likeness (QED) is 0.586. The lowest BCUT2D eigenvalue weighted by Crippen LogP contribution is -2.42. The van der Waals surface area contributed by atoms with Gasteiger partial charge in [0.05, 0.1) is 0 Å². The van der Waals surface area contributed by atoms with Crippen LogP contribution in [0.3, 0.4) is 0 Å². The first kappa shape index (κ1) is 7.58. The molecule has 1 N–H and O–H groups in total. The van der Waals surface area contributed by atoms with Crippen molar-refractivity contribution in [2.45, 2.75) is 44.6 Å². The third-order valence-electron chi connectivity index (χ3n) is 2.36. The molecule has 10 heavy (non-hydrogen) atoms. The molecule has 0 saturated heterocycles. The van der Waals surface area contributed by atoms with Crippen LogP contribution in [0.25, 0.3) is 0 Å². The number of amides is 1. The largest absolute Gasteiger partial charge is 0.354 e. The van der Waals surface area contributed by atoms with Crippen molar-refractivity contribution in [2.75, 3.05) is 0 Å². The Morgan fingerprint density at radius 1 is 1.40 bits per heavy atom. The molecule has 0 bridgehead atoms. The minimum Gasteiger partial charge on any atom is -0.354 e. The normalized spacial score (nSPS) is 23.7. The Morgan fingerprint density at radius 3 is 2.50 bits per heavy atom. The molecule has 1 amide bonds. The maximum Gasteiger partial charge on any atom is 0.207 e. The molecule has 0 aromatic rings. The molecule has 0 atom stereocenters. The molecule has 1 rings (SSSR count). The van der Waals surface area contributed by atoms with Gasteiger partial charge in [-0.15, -0.1) is 0 Å². The van der Waals surface area contributed by atoms with Crippen LogP contribution in [0, 0.1) is 0 Å². The number of hydrogen-bond acceptors (Lipinski definition) is 1. The molecule has 1 aliphatic rings. The van der Waals surface area contributed by atoms with Crippen LogP contribution in [0.15, 0.2) is 0 Å². The second-order valence-electron chi connectivity index (χ2n) is 3.38. The first-order valence-electron chi connectivity index (χ1n) is 3.98. The van der Waals surface area contributed by atoms with Crippen LogP contribution in [0.4, 0.5) is 0 Å². The highest BCUT2D eigenvalue weighted by atomic mass is 16.1. The van der Waals surface area contributed by atoms with Crippen molar-refractivity contribution in [3.8, 4) is 0 Å². The summed E-state index contributed by atoms with van der Waals surface area (Å²) in [7, 11) is 0. The lowest BCUT2D eigenvalue weighted by Gasteiger charge is -2.32. The molecular weight excluding hydrogens is 126 g/mol. The zero-order chi connectivity index (χ0) is 7.45. The molecule has 2 nitrogen and oxygen atoms in total. The Balaban J connectivity index is 0.000001000. The minimum absolute atomic E-state index is 0. The molecule has 1 fully saturated rings. The summed E-state index contributed by atoms with van der Waals surface area (Å²) in [4.78, 5) is 10.2. The fourth-order valence-corrected chi connectivity index (χ4v) is 1.62. The van der Waals surface area contributed by atoms with Crippen molar-refractivity contribution >= 4 is 6.41 Å². The summed E-state index contributed by atoms with van der Waals surface area (Å²) in [5.41, 5.74) is 0.111. The van der Waals surface area contributed by atoms with Crippen molar-refractivity contribution < 1.29 is 6.22 Å². The lowest BCUT2D eigenvalue weighted by molar-refractivity contribution is -0.111. The zero-order valence-corrected chi connectivity index (χ0v) is 6.52. The van der Waals surface area contributed by atoms with Gasteiger partial charge in [-0.05, 0) is 19.8 Å². The van der Waals surface area contributed by atoms with E-state index in [2.05, 4.69) is 12.2 Å². The molecule has 0 aromatic carbocycles. The van der Waals surface area contributed by atoms with Crippen molar-refractivity contribution in [2.24, 2.45) is 0 Å². The molecule has 0 heterocycles. The molecule has 0 aromatic heterocycles. The van der Waals surface area contributed by atoms with E-state index >= 15 is 0 Å². The molecule has 1 aliphatic carbocycles. The Bertz CT molecular complexity index is 121. The van der Waals surface area contributed by atoms with E-state index in [0.29, 0.717) is 0 Å². The van der Waals surface area contributed by atoms with Crippen molar-refractivity contribution in [3.63, 3.8) is 0 Å². The van der Waals surface area contributed by atoms with E-state index in [4.69, 9.17) is 0 Å². The monoisotopic (exact) mass is 143 g/mol. The summed E-state index contributed by atoms with van der Waals surface area (Å²) >= 11 is 0.